The molecule has 80 valence electrons. The van der Waals surface area contributed by atoms with Crippen LogP contribution in [0.3, 0.4) is 0 Å². The Labute approximate surface area is 89.5 Å². The molecule has 1 rings (SSSR count). The minimum Gasteiger partial charge on any atom is -0.440 e. The van der Waals surface area contributed by atoms with Crippen molar-refractivity contribution in [2.75, 3.05) is 5.75 Å². The SMILES string of the molecule is Cc1coc(SCC(N)C(C)(C)C)n1. The number of aryl methyl sites for hydroxylation is 1. The highest BCUT2D eigenvalue weighted by Gasteiger charge is 2.21. The first-order chi connectivity index (χ1) is 6.39. The second-order valence-corrected chi connectivity index (χ2v) is 5.51. The van der Waals surface area contributed by atoms with E-state index in [1.54, 1.807) is 18.0 Å². The van der Waals surface area contributed by atoms with E-state index >= 15 is 0 Å². The van der Waals surface area contributed by atoms with Gasteiger partial charge < -0.3 is 10.2 Å². The average Bonchev–Trinajstić information content (AvgIpc) is 2.45. The number of hydrogen-bond donors (Lipinski definition) is 1. The Kier molecular flexibility index (Phi) is 3.61. The molecule has 1 heterocycles. The molecule has 0 aliphatic heterocycles. The van der Waals surface area contributed by atoms with Crippen molar-refractivity contribution in [1.29, 1.82) is 0 Å². The summed E-state index contributed by atoms with van der Waals surface area (Å²) < 4.78 is 5.22. The highest BCUT2D eigenvalue weighted by molar-refractivity contribution is 7.99. The molecule has 0 saturated heterocycles. The quantitative estimate of drug-likeness (QED) is 0.785. The lowest BCUT2D eigenvalue weighted by Crippen LogP contribution is -2.37. The lowest BCUT2D eigenvalue weighted by molar-refractivity contribution is 0.343. The average molecular weight is 214 g/mol. The maximum absolute atomic E-state index is 6.02. The molecule has 1 atom stereocenters. The highest BCUT2D eigenvalue weighted by Crippen LogP contribution is 2.24. The minimum absolute atomic E-state index is 0.134. The molecule has 0 aliphatic carbocycles. The van der Waals surface area contributed by atoms with Crippen molar-refractivity contribution in [3.05, 3.63) is 12.0 Å². The third kappa shape index (κ3) is 3.35. The fourth-order valence-corrected chi connectivity index (χ4v) is 1.96. The molecule has 3 nitrogen and oxygen atoms in total. The van der Waals surface area contributed by atoms with Crippen LogP contribution in [0.25, 0.3) is 0 Å². The van der Waals surface area contributed by atoms with Gasteiger partial charge in [-0.15, -0.1) is 0 Å². The predicted octanol–water partition coefficient (Wildman–Crippen LogP) is 2.45. The van der Waals surface area contributed by atoms with E-state index in [0.717, 1.165) is 11.4 Å². The van der Waals surface area contributed by atoms with Gasteiger partial charge >= 0.3 is 0 Å². The summed E-state index contributed by atoms with van der Waals surface area (Å²) in [6.07, 6.45) is 1.66. The van der Waals surface area contributed by atoms with Gasteiger partial charge in [-0.3, -0.25) is 0 Å². The van der Waals surface area contributed by atoms with Crippen LogP contribution in [0, 0.1) is 12.3 Å². The summed E-state index contributed by atoms with van der Waals surface area (Å²) in [5, 5.41) is 0.710. The Hall–Kier alpha value is -0.480. The molecule has 0 fully saturated rings. The van der Waals surface area contributed by atoms with Gasteiger partial charge in [-0.25, -0.2) is 4.98 Å². The summed E-state index contributed by atoms with van der Waals surface area (Å²) in [6.45, 7) is 8.33. The van der Waals surface area contributed by atoms with Crippen LogP contribution in [0.1, 0.15) is 26.5 Å². The molecule has 0 amide bonds. The fraction of sp³-hybridized carbons (Fsp3) is 0.700. The van der Waals surface area contributed by atoms with Crippen LogP contribution in [-0.2, 0) is 0 Å². The molecule has 0 bridgehead atoms. The first-order valence-electron chi connectivity index (χ1n) is 4.70. The van der Waals surface area contributed by atoms with Crippen molar-refractivity contribution < 1.29 is 4.42 Å². The number of aromatic nitrogens is 1. The van der Waals surface area contributed by atoms with Gasteiger partial charge in [-0.1, -0.05) is 32.5 Å². The number of nitrogens with two attached hydrogens (primary N) is 1. The Balaban J connectivity index is 2.41. The molecular weight excluding hydrogens is 196 g/mol. The zero-order valence-corrected chi connectivity index (χ0v) is 10.0. The molecule has 1 aromatic heterocycles. The Morgan fingerprint density at radius 1 is 1.57 bits per heavy atom. The van der Waals surface area contributed by atoms with E-state index in [1.165, 1.54) is 0 Å². The van der Waals surface area contributed by atoms with Gasteiger partial charge in [0.05, 0.1) is 5.69 Å². The molecule has 0 aliphatic rings. The molecular formula is C10H18N2OS. The summed E-state index contributed by atoms with van der Waals surface area (Å²) in [6, 6.07) is 0.153. The second-order valence-electron chi connectivity index (χ2n) is 4.54. The van der Waals surface area contributed by atoms with Gasteiger partial charge in [0.15, 0.2) is 0 Å². The molecule has 0 aromatic carbocycles. The van der Waals surface area contributed by atoms with Crippen LogP contribution < -0.4 is 5.73 Å². The molecule has 0 saturated carbocycles. The van der Waals surface area contributed by atoms with Crippen LogP contribution in [0.4, 0.5) is 0 Å². The first kappa shape index (κ1) is 11.6. The number of thioether (sulfide) groups is 1. The number of rotatable bonds is 3. The van der Waals surface area contributed by atoms with Crippen LogP contribution in [0.2, 0.25) is 0 Å². The monoisotopic (exact) mass is 214 g/mol. The van der Waals surface area contributed by atoms with E-state index in [-0.39, 0.29) is 11.5 Å². The molecule has 14 heavy (non-hydrogen) atoms. The number of oxazole rings is 1. The topological polar surface area (TPSA) is 52.0 Å². The number of hydrogen-bond acceptors (Lipinski definition) is 4. The maximum atomic E-state index is 6.02. The van der Waals surface area contributed by atoms with Crippen molar-refractivity contribution in [2.24, 2.45) is 11.1 Å². The maximum Gasteiger partial charge on any atom is 0.255 e. The van der Waals surface area contributed by atoms with E-state index in [4.69, 9.17) is 10.2 Å². The second kappa shape index (κ2) is 4.36. The molecule has 0 spiro atoms. The largest absolute Gasteiger partial charge is 0.440 e. The fourth-order valence-electron chi connectivity index (χ4n) is 0.810. The lowest BCUT2D eigenvalue weighted by Gasteiger charge is -2.25. The lowest BCUT2D eigenvalue weighted by atomic mass is 9.89. The smallest absolute Gasteiger partial charge is 0.255 e. The Bertz CT molecular complexity index is 291. The van der Waals surface area contributed by atoms with Crippen LogP contribution >= 0.6 is 11.8 Å². The van der Waals surface area contributed by atoms with Gasteiger partial charge in [0, 0.05) is 11.8 Å². The normalized spacial score (nSPS) is 14.4. The van der Waals surface area contributed by atoms with Crippen molar-refractivity contribution in [1.82, 2.24) is 4.98 Å². The van der Waals surface area contributed by atoms with Gasteiger partial charge in [-0.2, -0.15) is 0 Å². The van der Waals surface area contributed by atoms with Crippen LogP contribution in [-0.4, -0.2) is 16.8 Å². The molecule has 0 radical (unpaired) electrons. The van der Waals surface area contributed by atoms with Crippen LogP contribution in [0.15, 0.2) is 15.9 Å². The zero-order chi connectivity index (χ0) is 10.8. The van der Waals surface area contributed by atoms with Gasteiger partial charge in [0.1, 0.15) is 6.26 Å². The van der Waals surface area contributed by atoms with Crippen molar-refractivity contribution in [2.45, 2.75) is 39.0 Å². The van der Waals surface area contributed by atoms with E-state index in [2.05, 4.69) is 25.8 Å². The van der Waals surface area contributed by atoms with Crippen molar-refractivity contribution in [3.63, 3.8) is 0 Å². The predicted molar refractivity (Wildman–Crippen MR) is 59.4 cm³/mol. The van der Waals surface area contributed by atoms with Gasteiger partial charge in [-0.05, 0) is 12.3 Å². The molecule has 4 heteroatoms. The standard InChI is InChI=1S/C10H18N2OS/c1-7-5-13-9(12-7)14-6-8(11)10(2,3)4/h5,8H,6,11H2,1-4H3. The highest BCUT2D eigenvalue weighted by atomic mass is 32.2. The van der Waals surface area contributed by atoms with Gasteiger partial charge in [0.25, 0.3) is 5.22 Å². The summed E-state index contributed by atoms with van der Waals surface area (Å²) >= 11 is 1.57. The number of nitrogens with zero attached hydrogens (tertiary/aromatic N) is 1. The summed E-state index contributed by atoms with van der Waals surface area (Å²) in [5.41, 5.74) is 7.06. The van der Waals surface area contributed by atoms with Gasteiger partial charge in [0.2, 0.25) is 0 Å². The Morgan fingerprint density at radius 3 is 2.64 bits per heavy atom. The third-order valence-corrected chi connectivity index (χ3v) is 3.06. The van der Waals surface area contributed by atoms with Crippen molar-refractivity contribution in [3.8, 4) is 0 Å². The summed E-state index contributed by atoms with van der Waals surface area (Å²) in [7, 11) is 0. The third-order valence-electron chi connectivity index (χ3n) is 2.10. The Morgan fingerprint density at radius 2 is 2.21 bits per heavy atom. The zero-order valence-electron chi connectivity index (χ0n) is 9.20. The van der Waals surface area contributed by atoms with Crippen LogP contribution in [0.5, 0.6) is 0 Å². The summed E-state index contributed by atoms with van der Waals surface area (Å²) in [5.74, 6) is 0.837. The summed E-state index contributed by atoms with van der Waals surface area (Å²) in [4.78, 5) is 4.21. The first-order valence-corrected chi connectivity index (χ1v) is 5.68. The van der Waals surface area contributed by atoms with Crippen molar-refractivity contribution >= 4 is 11.8 Å². The van der Waals surface area contributed by atoms with E-state index in [1.807, 2.05) is 6.92 Å². The van der Waals surface area contributed by atoms with E-state index in [0.29, 0.717) is 5.22 Å². The van der Waals surface area contributed by atoms with E-state index in [9.17, 15) is 0 Å². The van der Waals surface area contributed by atoms with E-state index < -0.39 is 0 Å². The molecule has 2 N–H and O–H groups in total. The molecule has 1 unspecified atom stereocenters. The molecule has 1 aromatic rings. The minimum atomic E-state index is 0.134.